The Bertz CT molecular complexity index is 540. The van der Waals surface area contributed by atoms with Gasteiger partial charge in [0.1, 0.15) is 11.9 Å². The number of likely N-dealkylation sites (N-methyl/N-ethyl adjacent to an activating group) is 1. The van der Waals surface area contributed by atoms with Gasteiger partial charge in [0.2, 0.25) is 5.91 Å². The van der Waals surface area contributed by atoms with Crippen LogP contribution in [0.4, 0.5) is 9.18 Å². The van der Waals surface area contributed by atoms with Crippen molar-refractivity contribution < 1.29 is 14.0 Å². The van der Waals surface area contributed by atoms with Crippen molar-refractivity contribution in [2.24, 2.45) is 5.92 Å². The molecular formula is C17H28ClFN4O2. The lowest BCUT2D eigenvalue weighted by molar-refractivity contribution is -0.123. The lowest BCUT2D eigenvalue weighted by Gasteiger charge is -2.23. The second-order valence-electron chi connectivity index (χ2n) is 6.11. The number of benzene rings is 1. The largest absolute Gasteiger partial charge is 0.353 e. The third kappa shape index (κ3) is 8.69. The molecule has 0 saturated heterocycles. The number of amides is 3. The van der Waals surface area contributed by atoms with Crippen molar-refractivity contribution in [1.82, 2.24) is 21.3 Å². The van der Waals surface area contributed by atoms with Crippen LogP contribution < -0.4 is 21.3 Å². The summed E-state index contributed by atoms with van der Waals surface area (Å²) in [6, 6.07) is 4.96. The van der Waals surface area contributed by atoms with Crippen LogP contribution in [0.15, 0.2) is 24.3 Å². The number of halogens is 2. The van der Waals surface area contributed by atoms with Crippen LogP contribution in [0, 0.1) is 11.7 Å². The smallest absolute Gasteiger partial charge is 0.315 e. The molecule has 0 radical (unpaired) electrons. The first kappa shape index (κ1) is 23.1. The number of nitrogens with one attached hydrogen (secondary N) is 4. The van der Waals surface area contributed by atoms with E-state index in [1.807, 2.05) is 27.8 Å². The van der Waals surface area contributed by atoms with Crippen LogP contribution in [0.1, 0.15) is 26.3 Å². The van der Waals surface area contributed by atoms with Crippen LogP contribution in [-0.4, -0.2) is 37.6 Å². The third-order valence-corrected chi connectivity index (χ3v) is 3.68. The summed E-state index contributed by atoms with van der Waals surface area (Å²) in [4.78, 5) is 24.2. The normalized spacial score (nSPS) is 12.7. The monoisotopic (exact) mass is 374 g/mol. The Hall–Kier alpha value is -1.86. The summed E-state index contributed by atoms with van der Waals surface area (Å²) in [5, 5.41) is 11.2. The highest BCUT2D eigenvalue weighted by Crippen LogP contribution is 2.04. The number of rotatable bonds is 8. The van der Waals surface area contributed by atoms with E-state index in [0.29, 0.717) is 6.54 Å². The average molecular weight is 375 g/mol. The molecule has 142 valence electrons. The Labute approximate surface area is 154 Å². The van der Waals surface area contributed by atoms with Gasteiger partial charge in [-0.3, -0.25) is 4.79 Å². The molecule has 3 amide bonds. The van der Waals surface area contributed by atoms with Crippen LogP contribution in [0.2, 0.25) is 0 Å². The first-order valence-electron chi connectivity index (χ1n) is 8.07. The maximum atomic E-state index is 12.8. The van der Waals surface area contributed by atoms with E-state index >= 15 is 0 Å². The Kier molecular flexibility index (Phi) is 10.8. The molecular weight excluding hydrogens is 347 g/mol. The van der Waals surface area contributed by atoms with Gasteiger partial charge in [0.25, 0.3) is 0 Å². The Morgan fingerprint density at radius 1 is 1.08 bits per heavy atom. The van der Waals surface area contributed by atoms with Crippen LogP contribution >= 0.6 is 12.4 Å². The highest BCUT2D eigenvalue weighted by molar-refractivity contribution is 5.87. The molecule has 0 spiro atoms. The number of hydrogen-bond donors (Lipinski definition) is 4. The summed E-state index contributed by atoms with van der Waals surface area (Å²) in [5.74, 6) is -0.592. The van der Waals surface area contributed by atoms with E-state index in [1.165, 1.54) is 12.1 Å². The summed E-state index contributed by atoms with van der Waals surface area (Å²) in [6.45, 7) is 6.43. The maximum Gasteiger partial charge on any atom is 0.315 e. The van der Waals surface area contributed by atoms with E-state index in [0.717, 1.165) is 5.56 Å². The van der Waals surface area contributed by atoms with Crippen LogP contribution in [0.5, 0.6) is 0 Å². The summed E-state index contributed by atoms with van der Waals surface area (Å²) in [7, 11) is 1.82. The quantitative estimate of drug-likeness (QED) is 0.560. The van der Waals surface area contributed by atoms with Gasteiger partial charge in [-0.15, -0.1) is 12.4 Å². The fourth-order valence-electron chi connectivity index (χ4n) is 1.98. The lowest BCUT2D eigenvalue weighted by atomic mass is 10.0. The Morgan fingerprint density at radius 3 is 2.20 bits per heavy atom. The number of carbonyl (C=O) groups is 2. The van der Waals surface area contributed by atoms with E-state index < -0.39 is 12.1 Å². The molecule has 25 heavy (non-hydrogen) atoms. The minimum absolute atomic E-state index is 0. The van der Waals surface area contributed by atoms with Gasteiger partial charge in [0.15, 0.2) is 0 Å². The summed E-state index contributed by atoms with van der Waals surface area (Å²) >= 11 is 0. The fraction of sp³-hybridized carbons (Fsp3) is 0.529. The van der Waals surface area contributed by atoms with Crippen molar-refractivity contribution in [3.63, 3.8) is 0 Å². The van der Waals surface area contributed by atoms with Gasteiger partial charge in [0, 0.05) is 19.1 Å². The van der Waals surface area contributed by atoms with Gasteiger partial charge in [-0.25, -0.2) is 9.18 Å². The number of carbonyl (C=O) groups excluding carboxylic acids is 2. The second kappa shape index (κ2) is 11.7. The van der Waals surface area contributed by atoms with E-state index in [4.69, 9.17) is 0 Å². The molecule has 1 aromatic carbocycles. The fourth-order valence-corrected chi connectivity index (χ4v) is 1.98. The molecule has 0 aliphatic rings. The van der Waals surface area contributed by atoms with Gasteiger partial charge < -0.3 is 21.3 Å². The molecule has 0 aliphatic carbocycles. The highest BCUT2D eigenvalue weighted by Gasteiger charge is 2.24. The van der Waals surface area contributed by atoms with E-state index in [1.54, 1.807) is 12.1 Å². The zero-order chi connectivity index (χ0) is 18.1. The molecule has 8 heteroatoms. The minimum Gasteiger partial charge on any atom is -0.353 e. The molecule has 0 heterocycles. The lowest BCUT2D eigenvalue weighted by Crippen LogP contribution is -2.53. The van der Waals surface area contributed by atoms with E-state index in [-0.39, 0.29) is 42.6 Å². The van der Waals surface area contributed by atoms with Gasteiger partial charge in [-0.05, 0) is 37.6 Å². The molecule has 0 aliphatic heterocycles. The molecule has 1 rings (SSSR count). The third-order valence-electron chi connectivity index (χ3n) is 3.68. The molecule has 0 fully saturated rings. The van der Waals surface area contributed by atoms with Crippen molar-refractivity contribution in [3.8, 4) is 0 Å². The minimum atomic E-state index is -0.623. The molecule has 0 bridgehead atoms. The highest BCUT2D eigenvalue weighted by atomic mass is 35.5. The van der Waals surface area contributed by atoms with Crippen molar-refractivity contribution in [1.29, 1.82) is 0 Å². The van der Waals surface area contributed by atoms with Crippen molar-refractivity contribution >= 4 is 24.3 Å². The van der Waals surface area contributed by atoms with Gasteiger partial charge >= 0.3 is 6.03 Å². The first-order valence-corrected chi connectivity index (χ1v) is 8.07. The molecule has 2 atom stereocenters. The Balaban J connectivity index is 0.00000576. The first-order chi connectivity index (χ1) is 11.3. The van der Waals surface area contributed by atoms with E-state index in [2.05, 4.69) is 21.3 Å². The maximum absolute atomic E-state index is 12.8. The topological polar surface area (TPSA) is 82.3 Å². The second-order valence-corrected chi connectivity index (χ2v) is 6.11. The number of urea groups is 1. The molecule has 2 unspecified atom stereocenters. The molecule has 0 aromatic heterocycles. The number of hydrogen-bond acceptors (Lipinski definition) is 3. The summed E-state index contributed by atoms with van der Waals surface area (Å²) in [5.41, 5.74) is 0.778. The van der Waals surface area contributed by atoms with Gasteiger partial charge in [-0.1, -0.05) is 26.0 Å². The molecule has 4 N–H and O–H groups in total. The predicted octanol–water partition coefficient (Wildman–Crippen LogP) is 1.80. The summed E-state index contributed by atoms with van der Waals surface area (Å²) in [6.07, 6.45) is 0. The van der Waals surface area contributed by atoms with Crippen molar-refractivity contribution in [3.05, 3.63) is 35.6 Å². The van der Waals surface area contributed by atoms with Crippen molar-refractivity contribution in [2.75, 3.05) is 13.6 Å². The molecule has 6 nitrogen and oxygen atoms in total. The zero-order valence-corrected chi connectivity index (χ0v) is 15.9. The zero-order valence-electron chi connectivity index (χ0n) is 15.1. The van der Waals surface area contributed by atoms with Crippen LogP contribution in [-0.2, 0) is 11.3 Å². The average Bonchev–Trinajstić information content (AvgIpc) is 2.56. The van der Waals surface area contributed by atoms with Crippen molar-refractivity contribution in [2.45, 2.75) is 39.4 Å². The van der Waals surface area contributed by atoms with Crippen LogP contribution in [0.3, 0.4) is 0 Å². The molecule has 0 saturated carbocycles. The predicted molar refractivity (Wildman–Crippen MR) is 99.2 cm³/mol. The summed E-state index contributed by atoms with van der Waals surface area (Å²) < 4.78 is 12.8. The van der Waals surface area contributed by atoms with E-state index in [9.17, 15) is 14.0 Å². The van der Waals surface area contributed by atoms with Gasteiger partial charge in [-0.2, -0.15) is 0 Å². The van der Waals surface area contributed by atoms with Gasteiger partial charge in [0.05, 0.1) is 0 Å². The molecule has 1 aromatic rings. The Morgan fingerprint density at radius 2 is 1.68 bits per heavy atom. The van der Waals surface area contributed by atoms with Crippen LogP contribution in [0.25, 0.3) is 0 Å². The SMILES string of the molecule is CNC(C)CNC(=O)C(NC(=O)NCc1ccc(F)cc1)C(C)C.Cl. The standard InChI is InChI=1S/C17H27FN4O2.ClH/c1-11(2)15(16(23)20-9-12(3)19-4)22-17(24)21-10-13-5-7-14(18)8-6-13;/h5-8,11-12,15,19H,9-10H2,1-4H3,(H,20,23)(H2,21,22,24);1H.